The van der Waals surface area contributed by atoms with E-state index in [-0.39, 0.29) is 11.6 Å². The standard InChI is InChI=1S/C22H14ClN3O4/c23-16-7-10-20-19(13-16)25-22(30-20)15-5-8-17(9-6-15)24-21(27)11-4-14-2-1-3-18(12-14)26(28)29/h1-13H,(H,24,27)/b11-4-. The summed E-state index contributed by atoms with van der Waals surface area (Å²) in [5.41, 5.74) is 3.18. The first-order valence-electron chi connectivity index (χ1n) is 8.88. The second-order valence-electron chi connectivity index (χ2n) is 6.38. The summed E-state index contributed by atoms with van der Waals surface area (Å²) in [6.45, 7) is 0. The summed E-state index contributed by atoms with van der Waals surface area (Å²) in [6, 6.07) is 18.3. The van der Waals surface area contributed by atoms with Gasteiger partial charge in [0.1, 0.15) is 5.52 Å². The quantitative estimate of drug-likeness (QED) is 0.254. The van der Waals surface area contributed by atoms with E-state index in [0.29, 0.717) is 33.3 Å². The molecule has 0 fully saturated rings. The van der Waals surface area contributed by atoms with Crippen LogP contribution in [-0.2, 0) is 4.79 Å². The number of rotatable bonds is 5. The second kappa shape index (κ2) is 8.18. The third-order valence-corrected chi connectivity index (χ3v) is 4.49. The molecular formula is C22H14ClN3O4. The van der Waals surface area contributed by atoms with Gasteiger partial charge in [0.15, 0.2) is 5.58 Å². The van der Waals surface area contributed by atoms with Crippen LogP contribution in [0.3, 0.4) is 0 Å². The lowest BCUT2D eigenvalue weighted by Crippen LogP contribution is -2.07. The molecule has 0 unspecified atom stereocenters. The molecule has 7 nitrogen and oxygen atoms in total. The molecule has 0 aliphatic rings. The molecule has 1 heterocycles. The Morgan fingerprint density at radius 2 is 1.90 bits per heavy atom. The third kappa shape index (κ3) is 4.37. The van der Waals surface area contributed by atoms with E-state index in [9.17, 15) is 14.9 Å². The van der Waals surface area contributed by atoms with E-state index in [4.69, 9.17) is 16.0 Å². The molecule has 0 radical (unpaired) electrons. The Kier molecular flexibility index (Phi) is 5.28. The van der Waals surface area contributed by atoms with E-state index in [0.717, 1.165) is 5.56 Å². The van der Waals surface area contributed by atoms with Gasteiger partial charge in [-0.1, -0.05) is 23.7 Å². The number of nitrogens with zero attached hydrogens (tertiary/aromatic N) is 2. The lowest BCUT2D eigenvalue weighted by atomic mass is 10.2. The molecule has 3 aromatic carbocycles. The average molecular weight is 420 g/mol. The third-order valence-electron chi connectivity index (χ3n) is 4.26. The van der Waals surface area contributed by atoms with Gasteiger partial charge in [-0.25, -0.2) is 4.98 Å². The van der Waals surface area contributed by atoms with Gasteiger partial charge >= 0.3 is 0 Å². The molecule has 0 bridgehead atoms. The molecule has 0 saturated heterocycles. The Hall–Kier alpha value is -3.97. The molecule has 4 rings (SSSR count). The number of carbonyl (C=O) groups is 1. The van der Waals surface area contributed by atoms with Crippen LogP contribution in [-0.4, -0.2) is 15.8 Å². The molecule has 0 atom stereocenters. The van der Waals surface area contributed by atoms with Gasteiger partial charge in [-0.3, -0.25) is 14.9 Å². The van der Waals surface area contributed by atoms with Gasteiger partial charge < -0.3 is 9.73 Å². The molecule has 1 aromatic heterocycles. The van der Waals surface area contributed by atoms with Crippen LogP contribution in [0, 0.1) is 10.1 Å². The molecule has 1 N–H and O–H groups in total. The predicted molar refractivity (Wildman–Crippen MR) is 115 cm³/mol. The SMILES string of the molecule is O=C(/C=C\c1cccc([N+](=O)[O-])c1)Nc1ccc(-c2nc3cc(Cl)ccc3o2)cc1. The van der Waals surface area contributed by atoms with E-state index in [1.54, 1.807) is 54.6 Å². The average Bonchev–Trinajstić information content (AvgIpc) is 3.16. The van der Waals surface area contributed by atoms with Gasteiger partial charge in [-0.15, -0.1) is 0 Å². The Balaban J connectivity index is 1.44. The van der Waals surface area contributed by atoms with Crippen molar-refractivity contribution >= 4 is 46.1 Å². The van der Waals surface area contributed by atoms with Crippen molar-refractivity contribution in [2.75, 3.05) is 5.32 Å². The number of carbonyl (C=O) groups excluding carboxylic acids is 1. The first kappa shape index (κ1) is 19.4. The van der Waals surface area contributed by atoms with Crippen molar-refractivity contribution in [3.05, 3.63) is 93.5 Å². The number of hydrogen-bond acceptors (Lipinski definition) is 5. The Morgan fingerprint density at radius 1 is 1.10 bits per heavy atom. The number of benzene rings is 3. The summed E-state index contributed by atoms with van der Waals surface area (Å²) in [4.78, 5) is 26.9. The lowest BCUT2D eigenvalue weighted by molar-refractivity contribution is -0.384. The fourth-order valence-electron chi connectivity index (χ4n) is 2.82. The minimum absolute atomic E-state index is 0.0328. The van der Waals surface area contributed by atoms with Crippen LogP contribution in [0.1, 0.15) is 5.56 Å². The number of fused-ring (bicyclic) bond motifs is 1. The molecule has 148 valence electrons. The van der Waals surface area contributed by atoms with E-state index < -0.39 is 4.92 Å². The number of nitro benzene ring substituents is 1. The van der Waals surface area contributed by atoms with Crippen molar-refractivity contribution in [2.45, 2.75) is 0 Å². The number of halogens is 1. The summed E-state index contributed by atoms with van der Waals surface area (Å²) in [5, 5.41) is 14.1. The van der Waals surface area contributed by atoms with Crippen LogP contribution in [0.2, 0.25) is 5.02 Å². The molecule has 0 aliphatic carbocycles. The summed E-state index contributed by atoms with van der Waals surface area (Å²) in [5.74, 6) is 0.0986. The number of nitro groups is 1. The van der Waals surface area contributed by atoms with Gasteiger partial charge in [0.2, 0.25) is 11.8 Å². The number of aromatic nitrogens is 1. The molecule has 4 aromatic rings. The van der Waals surface area contributed by atoms with Crippen LogP contribution >= 0.6 is 11.6 Å². The zero-order chi connectivity index (χ0) is 21.1. The largest absolute Gasteiger partial charge is 0.436 e. The number of anilines is 1. The van der Waals surface area contributed by atoms with Crippen molar-refractivity contribution in [3.63, 3.8) is 0 Å². The monoisotopic (exact) mass is 419 g/mol. The van der Waals surface area contributed by atoms with E-state index in [1.807, 2.05) is 0 Å². The highest BCUT2D eigenvalue weighted by atomic mass is 35.5. The van der Waals surface area contributed by atoms with Crippen molar-refractivity contribution in [1.29, 1.82) is 0 Å². The minimum Gasteiger partial charge on any atom is -0.436 e. The highest BCUT2D eigenvalue weighted by Gasteiger charge is 2.09. The topological polar surface area (TPSA) is 98.3 Å². The Bertz CT molecular complexity index is 1280. The van der Waals surface area contributed by atoms with Gasteiger partial charge in [0, 0.05) is 34.5 Å². The molecule has 0 aliphatic heterocycles. The molecule has 0 spiro atoms. The number of amides is 1. The maximum absolute atomic E-state index is 12.1. The molecule has 0 saturated carbocycles. The molecule has 8 heteroatoms. The number of oxazole rings is 1. The van der Waals surface area contributed by atoms with E-state index >= 15 is 0 Å². The highest BCUT2D eigenvalue weighted by molar-refractivity contribution is 6.31. The van der Waals surface area contributed by atoms with Crippen molar-refractivity contribution in [3.8, 4) is 11.5 Å². The van der Waals surface area contributed by atoms with Crippen LogP contribution < -0.4 is 5.32 Å². The van der Waals surface area contributed by atoms with Gasteiger partial charge in [0.05, 0.1) is 4.92 Å². The number of hydrogen-bond donors (Lipinski definition) is 1. The fourth-order valence-corrected chi connectivity index (χ4v) is 2.98. The molecule has 30 heavy (non-hydrogen) atoms. The summed E-state index contributed by atoms with van der Waals surface area (Å²) < 4.78 is 5.73. The van der Waals surface area contributed by atoms with E-state index in [2.05, 4.69) is 10.3 Å². The fraction of sp³-hybridized carbons (Fsp3) is 0. The Labute approximate surface area is 175 Å². The van der Waals surface area contributed by atoms with Crippen molar-refractivity contribution in [2.24, 2.45) is 0 Å². The van der Waals surface area contributed by atoms with Gasteiger partial charge in [0.25, 0.3) is 5.69 Å². The minimum atomic E-state index is -0.482. The summed E-state index contributed by atoms with van der Waals surface area (Å²) in [7, 11) is 0. The van der Waals surface area contributed by atoms with Crippen molar-refractivity contribution < 1.29 is 14.1 Å². The lowest BCUT2D eigenvalue weighted by Gasteiger charge is -2.03. The first-order valence-corrected chi connectivity index (χ1v) is 9.26. The van der Waals surface area contributed by atoms with Crippen LogP contribution in [0.4, 0.5) is 11.4 Å². The normalized spacial score (nSPS) is 11.1. The molecule has 1 amide bonds. The zero-order valence-corrected chi connectivity index (χ0v) is 16.2. The van der Waals surface area contributed by atoms with Crippen LogP contribution in [0.25, 0.3) is 28.6 Å². The summed E-state index contributed by atoms with van der Waals surface area (Å²) in [6.07, 6.45) is 2.83. The van der Waals surface area contributed by atoms with Gasteiger partial charge in [-0.05, 0) is 54.1 Å². The van der Waals surface area contributed by atoms with Crippen LogP contribution in [0.15, 0.2) is 77.2 Å². The van der Waals surface area contributed by atoms with Crippen LogP contribution in [0.5, 0.6) is 0 Å². The smallest absolute Gasteiger partial charge is 0.270 e. The maximum atomic E-state index is 12.1. The molecular weight excluding hydrogens is 406 g/mol. The zero-order valence-electron chi connectivity index (χ0n) is 15.4. The predicted octanol–water partition coefficient (Wildman–Crippen LogP) is 5.71. The maximum Gasteiger partial charge on any atom is 0.270 e. The Morgan fingerprint density at radius 3 is 2.67 bits per heavy atom. The second-order valence-corrected chi connectivity index (χ2v) is 6.82. The van der Waals surface area contributed by atoms with E-state index in [1.165, 1.54) is 24.3 Å². The number of nitrogens with one attached hydrogen (secondary N) is 1. The summed E-state index contributed by atoms with van der Waals surface area (Å²) >= 11 is 5.97. The number of non-ortho nitro benzene ring substituents is 1. The van der Waals surface area contributed by atoms with Crippen molar-refractivity contribution in [1.82, 2.24) is 4.98 Å². The van der Waals surface area contributed by atoms with Gasteiger partial charge in [-0.2, -0.15) is 0 Å². The highest BCUT2D eigenvalue weighted by Crippen LogP contribution is 2.27. The first-order chi connectivity index (χ1) is 14.5.